The second-order valence-corrected chi connectivity index (χ2v) is 7.97. The van der Waals surface area contributed by atoms with E-state index in [-0.39, 0.29) is 19.2 Å². The van der Waals surface area contributed by atoms with Gasteiger partial charge in [-0.25, -0.2) is 8.42 Å². The molecule has 0 aromatic carbocycles. The predicted molar refractivity (Wildman–Crippen MR) is 75.7 cm³/mol. The summed E-state index contributed by atoms with van der Waals surface area (Å²) in [5, 5.41) is 9.09. The molecule has 0 spiro atoms. The van der Waals surface area contributed by atoms with Crippen LogP contribution in [0.2, 0.25) is 0 Å². The number of rotatable bonds is 7. The maximum Gasteiger partial charge on any atom is 0.252 e. The average Bonchev–Trinajstić information content (AvgIpc) is 2.76. The first-order valence-electron chi connectivity index (χ1n) is 6.51. The van der Waals surface area contributed by atoms with Gasteiger partial charge in [0.2, 0.25) is 0 Å². The molecule has 1 heterocycles. The lowest BCUT2D eigenvalue weighted by molar-refractivity contribution is 0.178. The van der Waals surface area contributed by atoms with E-state index in [1.807, 2.05) is 6.07 Å². The van der Waals surface area contributed by atoms with Gasteiger partial charge in [0.1, 0.15) is 4.21 Å². The van der Waals surface area contributed by atoms with Crippen molar-refractivity contribution in [2.45, 2.75) is 35.9 Å². The van der Waals surface area contributed by atoms with Gasteiger partial charge < -0.3 is 10.8 Å². The second-order valence-electron chi connectivity index (χ2n) is 4.68. The Kier molecular flexibility index (Phi) is 4.97. The van der Waals surface area contributed by atoms with E-state index in [9.17, 15) is 8.42 Å². The van der Waals surface area contributed by atoms with E-state index in [1.165, 1.54) is 15.6 Å². The molecular weight excluding hydrogens is 284 g/mol. The third-order valence-electron chi connectivity index (χ3n) is 3.39. The Morgan fingerprint density at radius 1 is 1.42 bits per heavy atom. The van der Waals surface area contributed by atoms with Crippen LogP contribution in [0.5, 0.6) is 0 Å². The van der Waals surface area contributed by atoms with Crippen LogP contribution in [0.4, 0.5) is 0 Å². The fourth-order valence-corrected chi connectivity index (χ4v) is 5.34. The zero-order valence-electron chi connectivity index (χ0n) is 10.8. The van der Waals surface area contributed by atoms with Crippen LogP contribution in [-0.2, 0) is 16.4 Å². The van der Waals surface area contributed by atoms with E-state index in [1.54, 1.807) is 6.07 Å². The van der Waals surface area contributed by atoms with E-state index < -0.39 is 10.0 Å². The number of aliphatic hydroxyl groups excluding tert-OH is 1. The van der Waals surface area contributed by atoms with Crippen LogP contribution in [0.1, 0.15) is 24.1 Å². The lowest BCUT2D eigenvalue weighted by Crippen LogP contribution is -2.45. The summed E-state index contributed by atoms with van der Waals surface area (Å²) in [7, 11) is -3.47. The Morgan fingerprint density at radius 3 is 2.68 bits per heavy atom. The third kappa shape index (κ3) is 3.17. The number of nitrogens with two attached hydrogens (primary N) is 1. The number of sulfonamides is 1. The molecular formula is C12H20N2O3S2. The molecule has 7 heteroatoms. The highest BCUT2D eigenvalue weighted by molar-refractivity contribution is 7.91. The third-order valence-corrected chi connectivity index (χ3v) is 6.96. The summed E-state index contributed by atoms with van der Waals surface area (Å²) in [5.74, 6) is 0. The minimum Gasteiger partial charge on any atom is -0.395 e. The molecule has 0 bridgehead atoms. The number of thiophene rings is 1. The van der Waals surface area contributed by atoms with E-state index in [4.69, 9.17) is 10.8 Å². The van der Waals surface area contributed by atoms with E-state index in [2.05, 4.69) is 0 Å². The minimum atomic E-state index is -3.47. The van der Waals surface area contributed by atoms with Gasteiger partial charge in [0.05, 0.1) is 6.61 Å². The molecule has 1 aliphatic rings. The molecule has 19 heavy (non-hydrogen) atoms. The van der Waals surface area contributed by atoms with Gasteiger partial charge in [-0.15, -0.1) is 11.3 Å². The molecule has 1 aromatic heterocycles. The first-order chi connectivity index (χ1) is 9.09. The van der Waals surface area contributed by atoms with Gasteiger partial charge in [0.15, 0.2) is 0 Å². The van der Waals surface area contributed by atoms with Crippen molar-refractivity contribution in [1.82, 2.24) is 4.31 Å². The molecule has 0 atom stereocenters. The molecule has 1 fully saturated rings. The summed E-state index contributed by atoms with van der Waals surface area (Å²) in [6, 6.07) is 3.52. The average molecular weight is 304 g/mol. The van der Waals surface area contributed by atoms with Gasteiger partial charge in [0, 0.05) is 17.5 Å². The molecule has 108 valence electrons. The number of hydrogen-bond donors (Lipinski definition) is 2. The lowest BCUT2D eigenvalue weighted by Gasteiger charge is -2.35. The number of hydrogen-bond acceptors (Lipinski definition) is 5. The Balaban J connectivity index is 2.22. The number of nitrogens with zero attached hydrogens (tertiary/aromatic N) is 1. The zero-order chi connectivity index (χ0) is 13.9. The van der Waals surface area contributed by atoms with Crippen molar-refractivity contribution in [3.8, 4) is 0 Å². The molecule has 0 unspecified atom stereocenters. The Bertz CT molecular complexity index is 509. The largest absolute Gasteiger partial charge is 0.395 e. The molecule has 0 saturated heterocycles. The van der Waals surface area contributed by atoms with Crippen molar-refractivity contribution in [2.24, 2.45) is 5.73 Å². The minimum absolute atomic E-state index is 0.0530. The van der Waals surface area contributed by atoms with Gasteiger partial charge in [-0.1, -0.05) is 6.42 Å². The van der Waals surface area contributed by atoms with Crippen LogP contribution in [0.3, 0.4) is 0 Å². The van der Waals surface area contributed by atoms with Gasteiger partial charge in [0.25, 0.3) is 10.0 Å². The molecule has 1 aromatic rings. The molecule has 3 N–H and O–H groups in total. The van der Waals surface area contributed by atoms with Crippen LogP contribution in [0.15, 0.2) is 16.3 Å². The van der Waals surface area contributed by atoms with E-state index in [0.717, 1.165) is 24.1 Å². The van der Waals surface area contributed by atoms with E-state index >= 15 is 0 Å². The van der Waals surface area contributed by atoms with E-state index in [0.29, 0.717) is 17.2 Å². The normalized spacial score (nSPS) is 16.8. The molecule has 2 rings (SSSR count). The SMILES string of the molecule is NCCc1ccc(S(=O)(=O)N(CCO)C2CCC2)s1. The Labute approximate surface area is 118 Å². The smallest absolute Gasteiger partial charge is 0.252 e. The fourth-order valence-electron chi connectivity index (χ4n) is 2.16. The summed E-state index contributed by atoms with van der Waals surface area (Å²) in [6.45, 7) is 0.552. The second kappa shape index (κ2) is 6.32. The number of aliphatic hydroxyl groups is 1. The summed E-state index contributed by atoms with van der Waals surface area (Å²) in [4.78, 5) is 0.985. The van der Waals surface area contributed by atoms with Crippen LogP contribution in [-0.4, -0.2) is 43.6 Å². The molecule has 5 nitrogen and oxygen atoms in total. The molecule has 0 aliphatic heterocycles. The van der Waals surface area contributed by atoms with Crippen LogP contribution < -0.4 is 5.73 Å². The van der Waals surface area contributed by atoms with Crippen molar-refractivity contribution in [3.63, 3.8) is 0 Å². The van der Waals surface area contributed by atoms with Gasteiger partial charge in [-0.3, -0.25) is 0 Å². The highest BCUT2D eigenvalue weighted by Gasteiger charge is 2.35. The van der Waals surface area contributed by atoms with Gasteiger partial charge >= 0.3 is 0 Å². The Morgan fingerprint density at radius 2 is 2.16 bits per heavy atom. The van der Waals surface area contributed by atoms with Crippen molar-refractivity contribution < 1.29 is 13.5 Å². The van der Waals surface area contributed by atoms with Crippen molar-refractivity contribution in [1.29, 1.82) is 0 Å². The standard InChI is InChI=1S/C12H20N2O3S2/c13-7-6-11-4-5-12(18-11)19(16,17)14(8-9-15)10-2-1-3-10/h4-5,10,15H,1-3,6-9,13H2. The fraction of sp³-hybridized carbons (Fsp3) is 0.667. The summed E-state index contributed by atoms with van der Waals surface area (Å²) in [5.41, 5.74) is 5.48. The predicted octanol–water partition coefficient (Wildman–Crippen LogP) is 0.785. The van der Waals surface area contributed by atoms with Crippen LogP contribution in [0, 0.1) is 0 Å². The first kappa shape index (κ1) is 14.9. The topological polar surface area (TPSA) is 83.6 Å². The molecule has 0 amide bonds. The maximum atomic E-state index is 12.6. The maximum absolute atomic E-state index is 12.6. The lowest BCUT2D eigenvalue weighted by atomic mass is 9.93. The summed E-state index contributed by atoms with van der Waals surface area (Å²) in [6.07, 6.45) is 3.54. The van der Waals surface area contributed by atoms with Crippen molar-refractivity contribution >= 4 is 21.4 Å². The van der Waals surface area contributed by atoms with Crippen molar-refractivity contribution in [2.75, 3.05) is 19.7 Å². The summed E-state index contributed by atoms with van der Waals surface area (Å²) < 4.78 is 26.9. The van der Waals surface area contributed by atoms with Crippen molar-refractivity contribution in [3.05, 3.63) is 17.0 Å². The molecule has 1 aliphatic carbocycles. The highest BCUT2D eigenvalue weighted by atomic mass is 32.2. The zero-order valence-corrected chi connectivity index (χ0v) is 12.4. The molecule has 0 radical (unpaired) electrons. The van der Waals surface area contributed by atoms with Crippen LogP contribution in [0.25, 0.3) is 0 Å². The summed E-state index contributed by atoms with van der Waals surface area (Å²) >= 11 is 1.28. The Hall–Kier alpha value is -0.470. The molecule has 1 saturated carbocycles. The van der Waals surface area contributed by atoms with Gasteiger partial charge in [-0.2, -0.15) is 4.31 Å². The van der Waals surface area contributed by atoms with Crippen LogP contribution >= 0.6 is 11.3 Å². The van der Waals surface area contributed by atoms with Gasteiger partial charge in [-0.05, 0) is 37.9 Å². The monoisotopic (exact) mass is 304 g/mol. The first-order valence-corrected chi connectivity index (χ1v) is 8.76. The highest BCUT2D eigenvalue weighted by Crippen LogP contribution is 2.32. The quantitative estimate of drug-likeness (QED) is 0.780.